The molecule has 0 aromatic heterocycles. The van der Waals surface area contributed by atoms with E-state index in [1.165, 1.54) is 0 Å². The van der Waals surface area contributed by atoms with Crippen molar-refractivity contribution >= 4 is 28.9 Å². The molecule has 0 amide bonds. The number of nitrogens with zero attached hydrogens (tertiary/aromatic N) is 1. The fourth-order valence-electron chi connectivity index (χ4n) is 1.65. The normalized spacial score (nSPS) is 15.9. The van der Waals surface area contributed by atoms with Crippen molar-refractivity contribution in [3.8, 4) is 0 Å². The summed E-state index contributed by atoms with van der Waals surface area (Å²) < 4.78 is 11.0. The maximum Gasteiger partial charge on any atom is 0.224 e. The Morgan fingerprint density at radius 3 is 3.00 bits per heavy atom. The Labute approximate surface area is 106 Å². The van der Waals surface area contributed by atoms with E-state index in [4.69, 9.17) is 21.1 Å². The van der Waals surface area contributed by atoms with Crippen LogP contribution in [-0.2, 0) is 9.47 Å². The molecule has 0 fully saturated rings. The molecule has 17 heavy (non-hydrogen) atoms. The van der Waals surface area contributed by atoms with Crippen LogP contribution in [0, 0.1) is 0 Å². The van der Waals surface area contributed by atoms with Crippen molar-refractivity contribution in [3.63, 3.8) is 0 Å². The van der Waals surface area contributed by atoms with Gasteiger partial charge in [-0.25, -0.2) is 4.99 Å². The van der Waals surface area contributed by atoms with Crippen LogP contribution in [-0.4, -0.2) is 18.6 Å². The van der Waals surface area contributed by atoms with Crippen LogP contribution in [0.5, 0.6) is 0 Å². The third-order valence-corrected chi connectivity index (χ3v) is 2.72. The summed E-state index contributed by atoms with van der Waals surface area (Å²) in [5.41, 5.74) is 1.64. The summed E-state index contributed by atoms with van der Waals surface area (Å²) in [5, 5.41) is 0.644. The molecule has 1 aliphatic rings. The van der Waals surface area contributed by atoms with Crippen LogP contribution < -0.4 is 0 Å². The van der Waals surface area contributed by atoms with E-state index < -0.39 is 0 Å². The number of halogens is 1. The number of hydrogen-bond donors (Lipinski definition) is 0. The van der Waals surface area contributed by atoms with E-state index >= 15 is 0 Å². The predicted molar refractivity (Wildman–Crippen MR) is 69.8 cm³/mol. The number of fused-ring (bicyclic) bond motifs is 1. The SMILES string of the molecule is C=C1OC(C(C)OCC)=Nc2ccc(Cl)cc21. The van der Waals surface area contributed by atoms with E-state index in [1.54, 1.807) is 12.1 Å². The van der Waals surface area contributed by atoms with Gasteiger partial charge in [-0.1, -0.05) is 18.2 Å². The van der Waals surface area contributed by atoms with Crippen LogP contribution in [0.2, 0.25) is 5.02 Å². The van der Waals surface area contributed by atoms with E-state index in [2.05, 4.69) is 11.6 Å². The topological polar surface area (TPSA) is 30.8 Å². The van der Waals surface area contributed by atoms with E-state index in [-0.39, 0.29) is 6.10 Å². The van der Waals surface area contributed by atoms with E-state index in [0.717, 1.165) is 11.3 Å². The molecule has 0 bridgehead atoms. The Morgan fingerprint density at radius 2 is 2.29 bits per heavy atom. The third kappa shape index (κ3) is 2.51. The van der Waals surface area contributed by atoms with Crippen LogP contribution in [0.1, 0.15) is 19.4 Å². The summed E-state index contributed by atoms with van der Waals surface area (Å²) in [6.45, 7) is 8.32. The van der Waals surface area contributed by atoms with Gasteiger partial charge < -0.3 is 9.47 Å². The molecule has 90 valence electrons. The second kappa shape index (κ2) is 4.90. The molecule has 4 heteroatoms. The quantitative estimate of drug-likeness (QED) is 0.818. The van der Waals surface area contributed by atoms with E-state index in [0.29, 0.717) is 23.3 Å². The van der Waals surface area contributed by atoms with Crippen molar-refractivity contribution in [2.45, 2.75) is 20.0 Å². The molecule has 0 aliphatic carbocycles. The first kappa shape index (κ1) is 12.1. The maximum absolute atomic E-state index is 5.92. The predicted octanol–water partition coefficient (Wildman–Crippen LogP) is 3.80. The molecule has 0 saturated carbocycles. The minimum Gasteiger partial charge on any atom is -0.440 e. The van der Waals surface area contributed by atoms with Gasteiger partial charge in [-0.15, -0.1) is 0 Å². The number of rotatable bonds is 3. The molecular formula is C13H14ClNO2. The highest BCUT2D eigenvalue weighted by Crippen LogP contribution is 2.33. The smallest absolute Gasteiger partial charge is 0.224 e. The largest absolute Gasteiger partial charge is 0.440 e. The maximum atomic E-state index is 5.92. The lowest BCUT2D eigenvalue weighted by Gasteiger charge is -2.22. The molecule has 1 unspecified atom stereocenters. The fourth-order valence-corrected chi connectivity index (χ4v) is 1.82. The molecule has 0 N–H and O–H groups in total. The Hall–Kier alpha value is -1.32. The van der Waals surface area contributed by atoms with Crippen molar-refractivity contribution in [2.75, 3.05) is 6.61 Å². The first-order chi connectivity index (χ1) is 8.11. The number of aliphatic imine (C=N–C) groups is 1. The van der Waals surface area contributed by atoms with Gasteiger partial charge in [-0.05, 0) is 32.0 Å². The molecule has 2 rings (SSSR count). The Morgan fingerprint density at radius 1 is 1.53 bits per heavy atom. The Kier molecular flexibility index (Phi) is 3.50. The highest BCUT2D eigenvalue weighted by molar-refractivity contribution is 6.30. The first-order valence-electron chi connectivity index (χ1n) is 5.48. The van der Waals surface area contributed by atoms with Crippen molar-refractivity contribution in [1.29, 1.82) is 0 Å². The molecule has 1 heterocycles. The van der Waals surface area contributed by atoms with Gasteiger partial charge in [0.1, 0.15) is 11.9 Å². The van der Waals surface area contributed by atoms with Crippen LogP contribution in [0.15, 0.2) is 29.8 Å². The third-order valence-electron chi connectivity index (χ3n) is 2.48. The fraction of sp³-hybridized carbons (Fsp3) is 0.308. The average molecular weight is 252 g/mol. The second-order valence-electron chi connectivity index (χ2n) is 3.73. The summed E-state index contributed by atoms with van der Waals surface area (Å²) in [7, 11) is 0. The number of benzene rings is 1. The van der Waals surface area contributed by atoms with Gasteiger partial charge >= 0.3 is 0 Å². The lowest BCUT2D eigenvalue weighted by atomic mass is 10.1. The van der Waals surface area contributed by atoms with Crippen LogP contribution in [0.25, 0.3) is 5.76 Å². The monoisotopic (exact) mass is 251 g/mol. The summed E-state index contributed by atoms with van der Waals surface area (Å²) >= 11 is 5.92. The van der Waals surface area contributed by atoms with Gasteiger partial charge in [-0.3, -0.25) is 0 Å². The lowest BCUT2D eigenvalue weighted by molar-refractivity contribution is 0.109. The van der Waals surface area contributed by atoms with Gasteiger partial charge in [0, 0.05) is 17.2 Å². The second-order valence-corrected chi connectivity index (χ2v) is 4.17. The Balaban J connectivity index is 2.36. The molecule has 0 spiro atoms. The highest BCUT2D eigenvalue weighted by Gasteiger charge is 2.21. The Bertz CT molecular complexity index is 482. The highest BCUT2D eigenvalue weighted by atomic mass is 35.5. The molecule has 1 aromatic rings. The van der Waals surface area contributed by atoms with Gasteiger partial charge in [0.05, 0.1) is 5.69 Å². The minimum absolute atomic E-state index is 0.180. The van der Waals surface area contributed by atoms with Crippen LogP contribution >= 0.6 is 11.6 Å². The molecule has 0 radical (unpaired) electrons. The summed E-state index contributed by atoms with van der Waals surface area (Å²) in [6, 6.07) is 5.44. The molecule has 0 saturated heterocycles. The van der Waals surface area contributed by atoms with Crippen LogP contribution in [0.4, 0.5) is 5.69 Å². The van der Waals surface area contributed by atoms with E-state index in [9.17, 15) is 0 Å². The van der Waals surface area contributed by atoms with Gasteiger partial charge in [-0.2, -0.15) is 0 Å². The summed E-state index contributed by atoms with van der Waals surface area (Å²) in [4.78, 5) is 4.41. The first-order valence-corrected chi connectivity index (χ1v) is 5.86. The number of hydrogen-bond acceptors (Lipinski definition) is 3. The van der Waals surface area contributed by atoms with Crippen molar-refractivity contribution in [3.05, 3.63) is 35.4 Å². The van der Waals surface area contributed by atoms with Crippen molar-refractivity contribution in [2.24, 2.45) is 4.99 Å². The van der Waals surface area contributed by atoms with Gasteiger partial charge in [0.15, 0.2) is 0 Å². The zero-order chi connectivity index (χ0) is 12.4. The molecular weight excluding hydrogens is 238 g/mol. The van der Waals surface area contributed by atoms with Crippen LogP contribution in [0.3, 0.4) is 0 Å². The number of ether oxygens (including phenoxy) is 2. The molecule has 1 aromatic carbocycles. The molecule has 3 nitrogen and oxygen atoms in total. The zero-order valence-electron chi connectivity index (χ0n) is 9.87. The van der Waals surface area contributed by atoms with E-state index in [1.807, 2.05) is 19.9 Å². The van der Waals surface area contributed by atoms with Crippen molar-refractivity contribution in [1.82, 2.24) is 0 Å². The summed E-state index contributed by atoms with van der Waals surface area (Å²) in [6.07, 6.45) is -0.180. The average Bonchev–Trinajstić information content (AvgIpc) is 2.30. The molecule has 1 atom stereocenters. The minimum atomic E-state index is -0.180. The van der Waals surface area contributed by atoms with Crippen molar-refractivity contribution < 1.29 is 9.47 Å². The molecule has 1 aliphatic heterocycles. The summed E-state index contributed by atoms with van der Waals surface area (Å²) in [5.74, 6) is 1.09. The zero-order valence-corrected chi connectivity index (χ0v) is 10.6. The lowest BCUT2D eigenvalue weighted by Crippen LogP contribution is -2.24. The van der Waals surface area contributed by atoms with Gasteiger partial charge in [0.25, 0.3) is 0 Å². The van der Waals surface area contributed by atoms with Gasteiger partial charge in [0.2, 0.25) is 5.90 Å². The standard InChI is InChI=1S/C13H14ClNO2/c1-4-16-9(3)13-15-12-6-5-10(14)7-11(12)8(2)17-13/h5-7,9H,2,4H2,1,3H3.